The molecule has 14 heavy (non-hydrogen) atoms. The van der Waals surface area contributed by atoms with Gasteiger partial charge in [0.05, 0.1) is 13.1 Å². The fourth-order valence-electron chi connectivity index (χ4n) is 1.20. The Morgan fingerprint density at radius 3 is 2.21 bits per heavy atom. The smallest absolute Gasteiger partial charge is 0.410 e. The highest BCUT2D eigenvalue weighted by Crippen LogP contribution is 2.25. The van der Waals surface area contributed by atoms with E-state index in [9.17, 15) is 9.36 Å². The van der Waals surface area contributed by atoms with Gasteiger partial charge in [-0.25, -0.2) is 4.79 Å². The van der Waals surface area contributed by atoms with Crippen molar-refractivity contribution in [3.8, 4) is 0 Å². The Morgan fingerprint density at radius 1 is 1.29 bits per heavy atom. The average Bonchev–Trinajstić information content (AvgIpc) is 2.02. The summed E-state index contributed by atoms with van der Waals surface area (Å²) >= 11 is 0. The van der Waals surface area contributed by atoms with E-state index in [1.54, 1.807) is 4.90 Å². The topological polar surface area (TPSA) is 46.6 Å². The molecule has 1 aliphatic heterocycles. The Hall–Kier alpha value is -0.630. The van der Waals surface area contributed by atoms with Crippen molar-refractivity contribution in [2.45, 2.75) is 26.4 Å². The van der Waals surface area contributed by atoms with Crippen LogP contribution in [0.1, 0.15) is 20.8 Å². The molecule has 4 nitrogen and oxygen atoms in total. The van der Waals surface area contributed by atoms with Gasteiger partial charge in [-0.15, -0.1) is 0 Å². The molecular weight excluding hydrogens is 201 g/mol. The van der Waals surface area contributed by atoms with Gasteiger partial charge in [0, 0.05) is 0 Å². The highest BCUT2D eigenvalue weighted by atomic mass is 31.1. The third-order valence-corrected chi connectivity index (χ3v) is 3.29. The molecule has 1 rings (SSSR count). The van der Waals surface area contributed by atoms with Crippen molar-refractivity contribution in [3.05, 3.63) is 0 Å². The highest BCUT2D eigenvalue weighted by molar-refractivity contribution is 7.44. The molecule has 1 aliphatic rings. The minimum absolute atomic E-state index is 0.291. The van der Waals surface area contributed by atoms with Gasteiger partial charge in [-0.3, -0.25) is 4.90 Å². The van der Waals surface area contributed by atoms with Crippen LogP contribution < -0.4 is 0 Å². The number of amides is 1. The van der Waals surface area contributed by atoms with Gasteiger partial charge in [0.2, 0.25) is 0 Å². The Balaban J connectivity index is 2.42. The number of hydrogen-bond donors (Lipinski definition) is 0. The van der Waals surface area contributed by atoms with Gasteiger partial charge in [0.1, 0.15) is 5.60 Å². The van der Waals surface area contributed by atoms with Gasteiger partial charge in [-0.1, -0.05) is 4.57 Å². The van der Waals surface area contributed by atoms with E-state index in [0.717, 1.165) is 0 Å². The van der Waals surface area contributed by atoms with Crippen molar-refractivity contribution in [1.29, 1.82) is 0 Å². The van der Waals surface area contributed by atoms with Gasteiger partial charge in [-0.2, -0.15) is 0 Å². The molecule has 0 saturated carbocycles. The molecule has 0 radical (unpaired) electrons. The first-order chi connectivity index (χ1) is 6.38. The summed E-state index contributed by atoms with van der Waals surface area (Å²) in [5, 5.41) is 0. The Labute approximate surface area is 85.4 Å². The first kappa shape index (κ1) is 11.4. The van der Waals surface area contributed by atoms with Crippen molar-refractivity contribution in [1.82, 2.24) is 4.90 Å². The van der Waals surface area contributed by atoms with Crippen molar-refractivity contribution in [3.63, 3.8) is 0 Å². The molecule has 0 unspecified atom stereocenters. The SMILES string of the molecule is CC(C)(C)OC(=O)N1CC[P+](=O)CC1. The Morgan fingerprint density at radius 2 is 1.79 bits per heavy atom. The third-order valence-electron chi connectivity index (χ3n) is 1.89. The molecule has 1 amide bonds. The predicted octanol–water partition coefficient (Wildman–Crippen LogP) is 2.06. The van der Waals surface area contributed by atoms with E-state index >= 15 is 0 Å². The third kappa shape index (κ3) is 3.62. The van der Waals surface area contributed by atoms with E-state index in [4.69, 9.17) is 4.74 Å². The summed E-state index contributed by atoms with van der Waals surface area (Å²) in [6, 6.07) is 0. The van der Waals surface area contributed by atoms with Crippen LogP contribution in [0.3, 0.4) is 0 Å². The van der Waals surface area contributed by atoms with Crippen LogP contribution >= 0.6 is 7.80 Å². The molecule has 0 aliphatic carbocycles. The van der Waals surface area contributed by atoms with Crippen molar-refractivity contribution in [2.24, 2.45) is 0 Å². The quantitative estimate of drug-likeness (QED) is 0.585. The summed E-state index contributed by atoms with van der Waals surface area (Å²) in [6.07, 6.45) is 0.920. The minimum atomic E-state index is -1.08. The standard InChI is InChI=1S/C9H17NO3P/c1-9(2,3)13-8(11)10-4-6-14(12)7-5-10/h4-7H2,1-3H3/q+1. The van der Waals surface area contributed by atoms with Crippen molar-refractivity contribution in [2.75, 3.05) is 25.4 Å². The maximum atomic E-state index is 11.5. The van der Waals surface area contributed by atoms with Crippen LogP contribution in [-0.4, -0.2) is 42.0 Å². The van der Waals surface area contributed by atoms with Crippen LogP contribution in [0.4, 0.5) is 4.79 Å². The van der Waals surface area contributed by atoms with Crippen LogP contribution in [0.15, 0.2) is 0 Å². The molecule has 1 heterocycles. The van der Waals surface area contributed by atoms with Crippen LogP contribution in [0.2, 0.25) is 0 Å². The maximum Gasteiger partial charge on any atom is 0.410 e. The average molecular weight is 218 g/mol. The molecule has 5 heteroatoms. The van der Waals surface area contributed by atoms with Gasteiger partial charge >= 0.3 is 13.9 Å². The first-order valence-electron chi connectivity index (χ1n) is 4.78. The normalized spacial score (nSPS) is 18.2. The fourth-order valence-corrected chi connectivity index (χ4v) is 2.35. The fraction of sp³-hybridized carbons (Fsp3) is 0.889. The number of rotatable bonds is 0. The second kappa shape index (κ2) is 4.26. The summed E-state index contributed by atoms with van der Waals surface area (Å²) in [6.45, 7) is 6.65. The molecule has 1 saturated heterocycles. The molecule has 0 aromatic carbocycles. The largest absolute Gasteiger partial charge is 0.444 e. The molecular formula is C9H17NO3P+. The van der Waals surface area contributed by atoms with Gasteiger partial charge in [0.15, 0.2) is 12.3 Å². The molecule has 0 aromatic heterocycles. The number of nitrogens with zero attached hydrogens (tertiary/aromatic N) is 1. The highest BCUT2D eigenvalue weighted by Gasteiger charge is 2.30. The van der Waals surface area contributed by atoms with E-state index in [1.807, 2.05) is 20.8 Å². The summed E-state index contributed by atoms with van der Waals surface area (Å²) in [7, 11) is -1.08. The predicted molar refractivity (Wildman–Crippen MR) is 55.1 cm³/mol. The van der Waals surface area contributed by atoms with Gasteiger partial charge in [0.25, 0.3) is 0 Å². The summed E-state index contributed by atoms with van der Waals surface area (Å²) in [5.41, 5.74) is -0.448. The van der Waals surface area contributed by atoms with E-state index in [1.165, 1.54) is 0 Å². The summed E-state index contributed by atoms with van der Waals surface area (Å²) in [4.78, 5) is 13.2. The number of carbonyl (C=O) groups excluding carboxylic acids is 1. The lowest BCUT2D eigenvalue weighted by Gasteiger charge is -2.26. The molecule has 0 spiro atoms. The monoisotopic (exact) mass is 218 g/mol. The maximum absolute atomic E-state index is 11.5. The zero-order valence-corrected chi connectivity index (χ0v) is 9.84. The number of hydrogen-bond acceptors (Lipinski definition) is 3. The molecule has 0 bridgehead atoms. The summed E-state index contributed by atoms with van der Waals surface area (Å²) in [5.74, 6) is 0. The van der Waals surface area contributed by atoms with Gasteiger partial charge in [-0.05, 0) is 20.8 Å². The second-order valence-corrected chi connectivity index (χ2v) is 6.25. The molecule has 1 fully saturated rings. The Kier molecular flexibility index (Phi) is 3.48. The summed E-state index contributed by atoms with van der Waals surface area (Å²) < 4.78 is 16.3. The first-order valence-corrected chi connectivity index (χ1v) is 6.41. The van der Waals surface area contributed by atoms with Crippen LogP contribution in [0.25, 0.3) is 0 Å². The second-order valence-electron chi connectivity index (χ2n) is 4.40. The van der Waals surface area contributed by atoms with Crippen LogP contribution in [0.5, 0.6) is 0 Å². The van der Waals surface area contributed by atoms with Crippen molar-refractivity contribution < 1.29 is 14.1 Å². The zero-order chi connectivity index (χ0) is 10.8. The van der Waals surface area contributed by atoms with Crippen molar-refractivity contribution >= 4 is 13.9 Å². The van der Waals surface area contributed by atoms with E-state index in [2.05, 4.69) is 0 Å². The van der Waals surface area contributed by atoms with E-state index in [0.29, 0.717) is 25.4 Å². The number of ether oxygens (including phenoxy) is 1. The lowest BCUT2D eigenvalue weighted by Crippen LogP contribution is -2.41. The molecule has 0 atom stereocenters. The molecule has 0 aromatic rings. The minimum Gasteiger partial charge on any atom is -0.444 e. The lowest BCUT2D eigenvalue weighted by atomic mass is 10.2. The molecule has 0 N–H and O–H groups in total. The Bertz CT molecular complexity index is 237. The zero-order valence-electron chi connectivity index (χ0n) is 8.95. The molecule has 80 valence electrons. The van der Waals surface area contributed by atoms with E-state index in [-0.39, 0.29) is 6.09 Å². The van der Waals surface area contributed by atoms with Crippen LogP contribution in [0, 0.1) is 0 Å². The number of carbonyl (C=O) groups is 1. The van der Waals surface area contributed by atoms with E-state index < -0.39 is 13.4 Å². The van der Waals surface area contributed by atoms with Crippen LogP contribution in [-0.2, 0) is 9.30 Å². The lowest BCUT2D eigenvalue weighted by molar-refractivity contribution is 0.0267. The van der Waals surface area contributed by atoms with Gasteiger partial charge < -0.3 is 4.74 Å².